The number of carbonyl (C=O) groups is 4. The molecule has 58 heavy (non-hydrogen) atoms. The van der Waals surface area contributed by atoms with E-state index in [0.29, 0.717) is 33.4 Å². The van der Waals surface area contributed by atoms with Gasteiger partial charge < -0.3 is 23.4 Å². The lowest BCUT2D eigenvalue weighted by Crippen LogP contribution is -2.57. The normalized spacial score (nSPS) is 13.0. The molecule has 2 amide bonds. The van der Waals surface area contributed by atoms with E-state index in [1.807, 2.05) is 6.07 Å². The fourth-order valence-corrected chi connectivity index (χ4v) is 8.09. The Hall–Kier alpha value is -3.98. The second-order valence-corrected chi connectivity index (χ2v) is 28.4. The van der Waals surface area contributed by atoms with Gasteiger partial charge >= 0.3 is 11.9 Å². The SMILES string of the molecule is COC(=O)C(CSCc1c(O[Si](C)(C)C(C)(C)C)cc(O[Si](C)(C)C(C)(C)C)c(C)c1C(=O)OCc1ccc([N+](=O)[O-])cc1)N(C(=O)CCO)N(C=O)OC(C)(C)C. The van der Waals surface area contributed by atoms with Crippen molar-refractivity contribution in [2.75, 3.05) is 19.5 Å². The molecule has 2 rings (SSSR count). The molecule has 0 radical (unpaired) electrons. The van der Waals surface area contributed by atoms with Crippen molar-refractivity contribution in [3.05, 3.63) is 62.7 Å². The zero-order valence-corrected chi connectivity index (χ0v) is 39.6. The molecule has 15 nitrogen and oxygen atoms in total. The number of esters is 2. The Kier molecular flexibility index (Phi) is 17.2. The third-order valence-electron chi connectivity index (χ3n) is 10.2. The number of thioether (sulfide) groups is 1. The summed E-state index contributed by atoms with van der Waals surface area (Å²) in [4.78, 5) is 70.0. The van der Waals surface area contributed by atoms with Gasteiger partial charge in [-0.2, -0.15) is 11.8 Å². The van der Waals surface area contributed by atoms with Crippen LogP contribution in [0.5, 0.6) is 11.5 Å². The molecule has 0 fully saturated rings. The number of aliphatic hydroxyl groups is 1. The van der Waals surface area contributed by atoms with E-state index in [-0.39, 0.29) is 45.9 Å². The Morgan fingerprint density at radius 3 is 1.91 bits per heavy atom. The number of nitro benzene ring substituents is 1. The topological polar surface area (TPSA) is 184 Å². The van der Waals surface area contributed by atoms with Gasteiger partial charge in [0.15, 0.2) is 6.04 Å². The average molecular weight is 866 g/mol. The molecule has 0 spiro atoms. The Bertz CT molecular complexity index is 1790. The van der Waals surface area contributed by atoms with Crippen LogP contribution in [0, 0.1) is 17.0 Å². The van der Waals surface area contributed by atoms with Gasteiger partial charge in [0.2, 0.25) is 22.5 Å². The molecule has 0 heterocycles. The van der Waals surface area contributed by atoms with Crippen molar-refractivity contribution in [1.82, 2.24) is 10.2 Å². The van der Waals surface area contributed by atoms with E-state index in [0.717, 1.165) is 12.1 Å². The molecule has 0 bridgehead atoms. The van der Waals surface area contributed by atoms with Gasteiger partial charge in [-0.15, -0.1) is 5.17 Å². The van der Waals surface area contributed by atoms with E-state index in [9.17, 15) is 34.4 Å². The first-order chi connectivity index (χ1) is 26.5. The van der Waals surface area contributed by atoms with Gasteiger partial charge in [-0.05, 0) is 81.7 Å². The molecule has 1 atom stereocenters. The molecule has 1 N–H and O–H groups in total. The van der Waals surface area contributed by atoms with E-state index in [1.165, 1.54) is 36.0 Å². The van der Waals surface area contributed by atoms with Crippen molar-refractivity contribution in [2.45, 2.75) is 136 Å². The molecule has 2 aromatic carbocycles. The summed E-state index contributed by atoms with van der Waals surface area (Å²) >= 11 is 1.17. The highest BCUT2D eigenvalue weighted by molar-refractivity contribution is 7.98. The monoisotopic (exact) mass is 865 g/mol. The number of hydroxylamine groups is 1. The minimum Gasteiger partial charge on any atom is -0.543 e. The Morgan fingerprint density at radius 1 is 0.931 bits per heavy atom. The van der Waals surface area contributed by atoms with E-state index < -0.39 is 64.1 Å². The number of carbonyl (C=O) groups excluding carboxylic acids is 4. The zero-order chi connectivity index (χ0) is 44.6. The number of benzene rings is 2. The molecule has 18 heteroatoms. The minimum absolute atomic E-state index is 0.0594. The van der Waals surface area contributed by atoms with Gasteiger partial charge in [-0.25, -0.2) is 19.4 Å². The van der Waals surface area contributed by atoms with Crippen LogP contribution in [-0.4, -0.2) is 92.2 Å². The highest BCUT2D eigenvalue weighted by Crippen LogP contribution is 2.45. The van der Waals surface area contributed by atoms with Crippen LogP contribution in [0.25, 0.3) is 0 Å². The first kappa shape index (κ1) is 50.2. The average Bonchev–Trinajstić information content (AvgIpc) is 3.09. The number of rotatable bonds is 19. The largest absolute Gasteiger partial charge is 0.543 e. The van der Waals surface area contributed by atoms with Gasteiger partial charge in [-0.1, -0.05) is 41.5 Å². The number of nitrogens with zero attached hydrogens (tertiary/aromatic N) is 3. The number of methoxy groups -OCH3 is 1. The zero-order valence-electron chi connectivity index (χ0n) is 36.8. The van der Waals surface area contributed by atoms with Crippen LogP contribution in [-0.2, 0) is 41.1 Å². The fraction of sp³-hybridized carbons (Fsp3) is 0.600. The lowest BCUT2D eigenvalue weighted by Gasteiger charge is -2.39. The first-order valence-corrected chi connectivity index (χ1v) is 26.0. The molecular weight excluding hydrogens is 803 g/mol. The molecular formula is C40H63N3O12SSi2. The van der Waals surface area contributed by atoms with Crippen LogP contribution in [0.3, 0.4) is 0 Å². The van der Waals surface area contributed by atoms with E-state index >= 15 is 0 Å². The van der Waals surface area contributed by atoms with Crippen LogP contribution in [0.15, 0.2) is 30.3 Å². The summed E-state index contributed by atoms with van der Waals surface area (Å²) in [7, 11) is -3.93. The van der Waals surface area contributed by atoms with Crippen LogP contribution in [0.4, 0.5) is 5.69 Å². The van der Waals surface area contributed by atoms with Crippen molar-refractivity contribution in [2.24, 2.45) is 0 Å². The summed E-state index contributed by atoms with van der Waals surface area (Å²) < 4.78 is 24.8. The number of non-ortho nitro benzene ring substituents is 1. The number of hydrogen-bond acceptors (Lipinski definition) is 13. The molecule has 1 unspecified atom stereocenters. The Balaban J connectivity index is 2.85. The van der Waals surface area contributed by atoms with Gasteiger partial charge in [0.1, 0.15) is 18.1 Å². The van der Waals surface area contributed by atoms with Crippen LogP contribution in [0.1, 0.15) is 95.8 Å². The molecule has 0 aromatic heterocycles. The summed E-state index contributed by atoms with van der Waals surface area (Å²) in [6, 6.07) is 6.12. The lowest BCUT2D eigenvalue weighted by atomic mass is 10.0. The van der Waals surface area contributed by atoms with Crippen molar-refractivity contribution >= 4 is 58.3 Å². The predicted octanol–water partition coefficient (Wildman–Crippen LogP) is 8.12. The van der Waals surface area contributed by atoms with Crippen LogP contribution < -0.4 is 8.85 Å². The maximum atomic E-state index is 14.4. The van der Waals surface area contributed by atoms with E-state index in [2.05, 4.69) is 67.7 Å². The number of amides is 2. The quantitative estimate of drug-likeness (QED) is 0.0470. The van der Waals surface area contributed by atoms with Crippen LogP contribution in [0.2, 0.25) is 36.3 Å². The number of hydrazine groups is 1. The fourth-order valence-electron chi connectivity index (χ4n) is 4.87. The molecule has 0 aliphatic rings. The molecule has 0 saturated heterocycles. The number of aliphatic hydroxyl groups excluding tert-OH is 1. The highest BCUT2D eigenvalue weighted by atomic mass is 32.2. The molecule has 0 saturated carbocycles. The van der Waals surface area contributed by atoms with Gasteiger partial charge in [0, 0.05) is 40.8 Å². The maximum Gasteiger partial charge on any atom is 0.339 e. The smallest absolute Gasteiger partial charge is 0.339 e. The summed E-state index contributed by atoms with van der Waals surface area (Å²) in [5, 5.41) is 21.9. The number of ether oxygens (including phenoxy) is 2. The molecule has 0 aliphatic carbocycles. The van der Waals surface area contributed by atoms with Gasteiger partial charge in [0.05, 0.1) is 36.2 Å². The third-order valence-corrected chi connectivity index (χ3v) is 19.9. The Morgan fingerprint density at radius 2 is 1.47 bits per heavy atom. The third kappa shape index (κ3) is 13.3. The summed E-state index contributed by atoms with van der Waals surface area (Å²) in [5.74, 6) is -1.53. The summed E-state index contributed by atoms with van der Waals surface area (Å²) in [5.41, 5.74) is 0.622. The number of hydrogen-bond donors (Lipinski definition) is 1. The lowest BCUT2D eigenvalue weighted by molar-refractivity contribution is -0.384. The Labute approximate surface area is 349 Å². The second kappa shape index (κ2) is 19.9. The van der Waals surface area contributed by atoms with Gasteiger partial charge in [-0.3, -0.25) is 19.7 Å². The van der Waals surface area contributed by atoms with Crippen molar-refractivity contribution in [3.8, 4) is 11.5 Å². The second-order valence-electron chi connectivity index (χ2n) is 18.0. The molecule has 0 aliphatic heterocycles. The molecule has 2 aromatic rings. The summed E-state index contributed by atoms with van der Waals surface area (Å²) in [6.45, 7) is 26.9. The van der Waals surface area contributed by atoms with E-state index in [1.54, 1.807) is 27.7 Å². The maximum absolute atomic E-state index is 14.4. The van der Waals surface area contributed by atoms with Crippen molar-refractivity contribution in [1.29, 1.82) is 0 Å². The minimum atomic E-state index is -2.60. The van der Waals surface area contributed by atoms with E-state index in [4.69, 9.17) is 23.2 Å². The van der Waals surface area contributed by atoms with Crippen LogP contribution >= 0.6 is 11.8 Å². The van der Waals surface area contributed by atoms with Gasteiger partial charge in [0.25, 0.3) is 12.1 Å². The van der Waals surface area contributed by atoms with Crippen molar-refractivity contribution in [3.63, 3.8) is 0 Å². The number of nitro groups is 1. The predicted molar refractivity (Wildman–Crippen MR) is 228 cm³/mol. The van der Waals surface area contributed by atoms with Crippen molar-refractivity contribution < 1.29 is 52.4 Å². The standard InChI is InChI=1S/C40H63N3O12SSi2/c1-27-32(53-57(12,13)39(5,6)7)22-33(54-58(14,15)40(8,9)10)30(35(27)37(48)52-23-28-16-18-29(19-17-28)43(49)50)24-56-25-31(36(47)51-11)42(34(46)20-21-44)41(26-45)55-38(2,3)4/h16-19,22,26,31,44H,20-21,23-25H2,1-15H3. The first-order valence-electron chi connectivity index (χ1n) is 19.0. The summed E-state index contributed by atoms with van der Waals surface area (Å²) in [6.07, 6.45) is -0.157. The highest BCUT2D eigenvalue weighted by Gasteiger charge is 2.43. The molecule has 324 valence electrons.